The zero-order valence-corrected chi connectivity index (χ0v) is 70.5. The van der Waals surface area contributed by atoms with Crippen LogP contribution in [0.1, 0.15) is 172 Å². The number of aliphatic hydroxyl groups excluding tert-OH is 1. The Bertz CT molecular complexity index is 3250. The van der Waals surface area contributed by atoms with Crippen molar-refractivity contribution >= 4 is 23.5 Å². The molecule has 0 aromatic carbocycles. The van der Waals surface area contributed by atoms with Crippen molar-refractivity contribution in [1.29, 1.82) is 0 Å². The Labute approximate surface area is 675 Å². The first kappa shape index (κ1) is 91.3. The Morgan fingerprint density at radius 1 is 0.478 bits per heavy atom. The molecule has 6 saturated heterocycles. The van der Waals surface area contributed by atoms with Gasteiger partial charge < -0.3 is 95.4 Å². The van der Waals surface area contributed by atoms with Crippen LogP contribution in [0.3, 0.4) is 0 Å². The van der Waals surface area contributed by atoms with Crippen molar-refractivity contribution in [3.8, 4) is 0 Å². The minimum Gasteiger partial charge on any atom is -0.458 e. The summed E-state index contributed by atoms with van der Waals surface area (Å²) in [5.41, 5.74) is 1.45. The Kier molecular flexibility index (Phi) is 33.8. The van der Waals surface area contributed by atoms with E-state index < -0.39 is 61.2 Å². The zero-order chi connectivity index (χ0) is 80.5. The summed E-state index contributed by atoms with van der Waals surface area (Å²) in [6.07, 6.45) is 24.5. The largest absolute Gasteiger partial charge is 0.458 e. The first-order chi connectivity index (χ1) is 53.7. The monoisotopic (exact) mass is 1590 g/mol. The molecular weight excluding hydrogens is 1450 g/mol. The number of aliphatic hydroxyl groups is 1. The van der Waals surface area contributed by atoms with E-state index in [2.05, 4.69) is 88.3 Å². The van der Waals surface area contributed by atoms with Crippen LogP contribution >= 0.6 is 0 Å². The summed E-state index contributed by atoms with van der Waals surface area (Å²) in [6, 6.07) is 0.624. The average molecular weight is 1590 g/mol. The first-order valence-electron chi connectivity index (χ1n) is 42.4. The van der Waals surface area contributed by atoms with E-state index in [1.165, 1.54) is 0 Å². The molecule has 6 heterocycles. The van der Waals surface area contributed by atoms with Crippen LogP contribution in [0.25, 0.3) is 0 Å². The fourth-order valence-corrected chi connectivity index (χ4v) is 21.3. The molecule has 12 rings (SSSR count). The van der Waals surface area contributed by atoms with Crippen LogP contribution in [0.5, 0.6) is 0 Å². The highest BCUT2D eigenvalue weighted by Gasteiger charge is 2.56. The van der Waals surface area contributed by atoms with Crippen molar-refractivity contribution in [3.05, 3.63) is 71.9 Å². The van der Waals surface area contributed by atoms with E-state index in [4.69, 9.17) is 80.5 Å². The highest BCUT2D eigenvalue weighted by molar-refractivity contribution is 6.00. The van der Waals surface area contributed by atoms with Gasteiger partial charge in [-0.25, -0.2) is 0 Å². The summed E-state index contributed by atoms with van der Waals surface area (Å²) < 4.78 is 105. The van der Waals surface area contributed by atoms with Gasteiger partial charge in [0, 0.05) is 85.0 Å². The SMILES string of the molecule is C.CCOC(C)/C=C/[C@H]1CCC[C@H](OC2CC[C@H](N(C)C)[C@@H](C)O2)[C@@H](C)C(=O)C2=CC3C(C=CC4C[C@@H](O[C@@H]5O[C@@H](C)[C@H](OC)[C@@H](OC)[C@H]5OC)CC43)C2CC(=O)O1.CO[C@@H]1[C@@H](OC)[C@H](C)O[C@@H](O[C@@H]2CC3C=CC4C5CC(=O)O[C@@H](/C=C/C(C)O)CCC[C@H](OC6CC[C@H](N(C)C)[C@@H](C)O6)[C@@H](C)C(=O)C5=CC4C3C2)[C@@H]1OC. The van der Waals surface area contributed by atoms with E-state index >= 15 is 0 Å². The fourth-order valence-electron chi connectivity index (χ4n) is 21.3. The number of hydrogen-bond acceptors (Lipinski definition) is 24. The number of ether oxygens (including phenoxy) is 17. The van der Waals surface area contributed by atoms with E-state index in [-0.39, 0.29) is 189 Å². The molecule has 0 bridgehead atoms. The molecule has 0 radical (unpaired) electrons. The van der Waals surface area contributed by atoms with Gasteiger partial charge in [0.15, 0.2) is 36.7 Å². The molecule has 1 N–H and O–H groups in total. The van der Waals surface area contributed by atoms with Crippen LogP contribution in [0.15, 0.2) is 71.9 Å². The lowest BCUT2D eigenvalue weighted by atomic mass is 9.70. The van der Waals surface area contributed by atoms with Crippen molar-refractivity contribution < 1.29 is 105 Å². The molecule has 12 aliphatic rings. The number of carbonyl (C=O) groups excluding carboxylic acids is 4. The second kappa shape index (κ2) is 41.8. The van der Waals surface area contributed by atoms with E-state index in [0.717, 1.165) is 63.4 Å². The fraction of sp³-hybridized carbons (Fsp3) is 0.820. The average Bonchev–Trinajstić information content (AvgIpc) is 1.71. The molecule has 2 saturated carbocycles. The number of cyclic esters (lactones) is 2. The third kappa shape index (κ3) is 21.6. The number of Topliss-reactive ketones (excluding diaryl/α,β-unsaturated/α-hetero) is 2. The van der Waals surface area contributed by atoms with E-state index in [1.807, 2.05) is 53.7 Å². The van der Waals surface area contributed by atoms with E-state index in [9.17, 15) is 24.3 Å². The lowest BCUT2D eigenvalue weighted by Crippen LogP contribution is -2.59. The normalized spacial score (nSPS) is 43.7. The van der Waals surface area contributed by atoms with Gasteiger partial charge >= 0.3 is 11.9 Å². The van der Waals surface area contributed by atoms with Gasteiger partial charge in [-0.2, -0.15) is 0 Å². The quantitative estimate of drug-likeness (QED) is 0.0781. The number of ketones is 2. The molecule has 36 atom stereocenters. The van der Waals surface area contributed by atoms with Crippen LogP contribution < -0.4 is 0 Å². The predicted octanol–water partition coefficient (Wildman–Crippen LogP) is 11.7. The molecule has 24 heteroatoms. The van der Waals surface area contributed by atoms with Crippen molar-refractivity contribution in [3.63, 3.8) is 0 Å². The number of carbonyl (C=O) groups is 4. The third-order valence-corrected chi connectivity index (χ3v) is 27.1. The molecule has 0 spiro atoms. The summed E-state index contributed by atoms with van der Waals surface area (Å²) in [5.74, 6) is -0.787. The lowest BCUT2D eigenvalue weighted by molar-refractivity contribution is -0.314. The standard InChI is InChI=1S/C45H71NO11.C43H67NO11.CH4/c1-11-52-25(2)15-17-30-13-12-14-38(57-40-20-19-37(46(6)7)27(4)53-40)26(3)41(48)36-23-34-32(35(36)24-39(47)55-30)18-16-29-21-31(22-33(29)34)56-45-44(51-10)43(50-9)42(49-8)28(5)54-45;1-23(45)13-15-28-11-10-12-36(55-38-18-17-35(44(5)6)25(3)51-38)24(2)39(47)34-21-32-30(33(34)22-37(46)53-28)16-14-27-19-29(20-31(27)32)54-43-42(50-9)41(49-8)40(48-7)26(4)52-43;/h15-18,23,25-35,37-38,40,42-45H,11-14,19-22,24H2,1-10H3;13-16,21,23-33,35-36,38,40-43,45H,10-12,17-20,22H2,1-9H3;1H4/b17-15+;15-13+;/t25?,26-,27-,28+,29?,30-,31-,32?,33?,34?,35?,37+,38+,40?,42+,43-,44-,45+;23?,24-,25-,26+,27?,28-,29-,30?,31?,32?,33?,35+,36+,38?,40+,41-,42-,43+;/m11./s1. The van der Waals surface area contributed by atoms with Gasteiger partial charge in [0.25, 0.3) is 0 Å². The van der Waals surface area contributed by atoms with Gasteiger partial charge in [-0.3, -0.25) is 19.2 Å². The molecule has 0 aromatic rings. The molecule has 6 aliphatic heterocycles. The van der Waals surface area contributed by atoms with Gasteiger partial charge in [-0.15, -0.1) is 0 Å². The molecule has 0 amide bonds. The summed E-state index contributed by atoms with van der Waals surface area (Å²) in [5, 5.41) is 9.99. The maximum Gasteiger partial charge on any atom is 0.307 e. The van der Waals surface area contributed by atoms with Crippen LogP contribution in [-0.2, 0) is 99.7 Å². The molecule has 640 valence electrons. The summed E-state index contributed by atoms with van der Waals surface area (Å²) in [4.78, 5) is 61.5. The Balaban J connectivity index is 0.000000238. The van der Waals surface area contributed by atoms with E-state index in [0.29, 0.717) is 56.4 Å². The van der Waals surface area contributed by atoms with Gasteiger partial charge in [0.05, 0.1) is 73.9 Å². The number of rotatable bonds is 22. The first-order valence-corrected chi connectivity index (χ1v) is 42.4. The second-order valence-corrected chi connectivity index (χ2v) is 34.7. The maximum absolute atomic E-state index is 14.8. The van der Waals surface area contributed by atoms with Crippen LogP contribution in [-0.4, -0.2) is 263 Å². The molecule has 6 aliphatic carbocycles. The van der Waals surface area contributed by atoms with Gasteiger partial charge in [-0.05, 0) is 237 Å². The van der Waals surface area contributed by atoms with Crippen molar-refractivity contribution in [1.82, 2.24) is 9.80 Å². The Hall–Kier alpha value is -4.00. The highest BCUT2D eigenvalue weighted by atomic mass is 16.7. The zero-order valence-electron chi connectivity index (χ0n) is 70.5. The van der Waals surface area contributed by atoms with Crippen LogP contribution in [0.2, 0.25) is 0 Å². The summed E-state index contributed by atoms with van der Waals surface area (Å²) in [7, 11) is 18.2. The number of fused-ring (bicyclic) bond motifs is 10. The maximum atomic E-state index is 14.8. The minimum absolute atomic E-state index is 0. The van der Waals surface area contributed by atoms with Crippen LogP contribution in [0, 0.1) is 71.0 Å². The number of esters is 2. The molecular formula is C89H142N2O22. The number of likely N-dealkylation sites (N-methyl/N-ethyl adjacent to an activating group) is 2. The number of hydrogen-bond donors (Lipinski definition) is 1. The minimum atomic E-state index is -0.660. The third-order valence-electron chi connectivity index (χ3n) is 27.1. The van der Waals surface area contributed by atoms with Crippen LogP contribution in [0.4, 0.5) is 0 Å². The number of nitrogens with zero attached hydrogens (tertiary/aromatic N) is 2. The molecule has 0 aromatic heterocycles. The lowest BCUT2D eigenvalue weighted by Gasteiger charge is -2.44. The Morgan fingerprint density at radius 2 is 0.876 bits per heavy atom. The topological polar surface area (TPSA) is 252 Å². The highest BCUT2D eigenvalue weighted by Crippen LogP contribution is 2.57. The molecule has 24 nitrogen and oxygen atoms in total. The molecule has 8 fully saturated rings. The van der Waals surface area contributed by atoms with E-state index in [1.54, 1.807) is 61.7 Å². The van der Waals surface area contributed by atoms with Crippen molar-refractivity contribution in [2.75, 3.05) is 77.5 Å². The number of allylic oxidation sites excluding steroid dienone is 8. The summed E-state index contributed by atoms with van der Waals surface area (Å²) in [6.45, 7) is 18.3. The van der Waals surface area contributed by atoms with Gasteiger partial charge in [-0.1, -0.05) is 69.9 Å². The Morgan fingerprint density at radius 3 is 1.24 bits per heavy atom. The van der Waals surface area contributed by atoms with Crippen molar-refractivity contribution in [2.24, 2.45) is 71.0 Å². The molecule has 113 heavy (non-hydrogen) atoms. The van der Waals surface area contributed by atoms with Crippen molar-refractivity contribution in [2.45, 2.75) is 320 Å². The summed E-state index contributed by atoms with van der Waals surface area (Å²) >= 11 is 0. The smallest absolute Gasteiger partial charge is 0.307 e. The molecule has 14 unspecified atom stereocenters. The second-order valence-electron chi connectivity index (χ2n) is 34.7. The number of methoxy groups -OCH3 is 6. The van der Waals surface area contributed by atoms with Gasteiger partial charge in [0.1, 0.15) is 48.8 Å². The predicted molar refractivity (Wildman–Crippen MR) is 426 cm³/mol. The van der Waals surface area contributed by atoms with Gasteiger partial charge in [0.2, 0.25) is 0 Å².